The first-order valence-corrected chi connectivity index (χ1v) is 11.6. The van der Waals surface area contributed by atoms with Crippen molar-refractivity contribution in [1.82, 2.24) is 14.1 Å². The molecule has 0 unspecified atom stereocenters. The number of anilines is 1. The average Bonchev–Trinajstić information content (AvgIpc) is 3.13. The molecule has 4 rings (SSSR count). The number of nitrogens with one attached hydrogen (secondary N) is 1. The minimum absolute atomic E-state index is 0.0837. The number of carbonyl (C=O) groups is 1. The lowest BCUT2D eigenvalue weighted by Gasteiger charge is -2.12. The number of aryl methyl sites for hydroxylation is 1. The van der Waals surface area contributed by atoms with Gasteiger partial charge in [-0.2, -0.15) is 0 Å². The van der Waals surface area contributed by atoms with E-state index in [0.717, 1.165) is 10.9 Å². The summed E-state index contributed by atoms with van der Waals surface area (Å²) < 4.78 is 19.3. The Hall–Kier alpha value is -3.66. The summed E-state index contributed by atoms with van der Waals surface area (Å²) in [6.07, 6.45) is 0. The standard InChI is InChI=1S/C24H26N4O5S/c1-6-28-23(30)22-21(16-12-15(31-3)8-9-17(16)27(22)2)26-24(28)34-13-20(29)25-14-7-10-18(32-4)19(11-14)33-5/h7-12H,6,13H2,1-5H3,(H,25,29). The highest BCUT2D eigenvalue weighted by Gasteiger charge is 2.19. The summed E-state index contributed by atoms with van der Waals surface area (Å²) in [5, 5.41) is 4.16. The largest absolute Gasteiger partial charge is 0.497 e. The van der Waals surface area contributed by atoms with Crippen LogP contribution in [0.1, 0.15) is 6.92 Å². The normalized spacial score (nSPS) is 11.1. The maximum Gasteiger partial charge on any atom is 0.278 e. The van der Waals surface area contributed by atoms with Gasteiger partial charge < -0.3 is 24.1 Å². The molecule has 0 aliphatic rings. The van der Waals surface area contributed by atoms with Crippen molar-refractivity contribution in [2.75, 3.05) is 32.4 Å². The van der Waals surface area contributed by atoms with Gasteiger partial charge in [-0.3, -0.25) is 14.2 Å². The number of ether oxygens (including phenoxy) is 3. The molecule has 34 heavy (non-hydrogen) atoms. The summed E-state index contributed by atoms with van der Waals surface area (Å²) in [6.45, 7) is 2.32. The molecule has 10 heteroatoms. The third kappa shape index (κ3) is 4.16. The van der Waals surface area contributed by atoms with Crippen molar-refractivity contribution in [3.8, 4) is 17.2 Å². The van der Waals surface area contributed by atoms with E-state index in [1.165, 1.54) is 18.9 Å². The zero-order chi connectivity index (χ0) is 24.4. The van der Waals surface area contributed by atoms with E-state index in [1.54, 1.807) is 37.0 Å². The molecule has 1 amide bonds. The summed E-state index contributed by atoms with van der Waals surface area (Å²) in [5.41, 5.74) is 2.43. The molecule has 0 fully saturated rings. The molecule has 0 radical (unpaired) electrons. The monoisotopic (exact) mass is 482 g/mol. The number of rotatable bonds is 8. The second-order valence-corrected chi connectivity index (χ2v) is 8.43. The molecule has 2 aromatic heterocycles. The summed E-state index contributed by atoms with van der Waals surface area (Å²) in [6, 6.07) is 10.8. The van der Waals surface area contributed by atoms with Crippen LogP contribution in [0.2, 0.25) is 0 Å². The van der Waals surface area contributed by atoms with Crippen LogP contribution in [0.3, 0.4) is 0 Å². The van der Waals surface area contributed by atoms with E-state index in [0.29, 0.717) is 45.7 Å². The number of aromatic nitrogens is 3. The van der Waals surface area contributed by atoms with E-state index in [1.807, 2.05) is 36.7 Å². The first kappa shape index (κ1) is 23.5. The number of benzene rings is 2. The highest BCUT2D eigenvalue weighted by atomic mass is 32.2. The van der Waals surface area contributed by atoms with Crippen molar-refractivity contribution in [1.29, 1.82) is 0 Å². The SMILES string of the molecule is CCn1c(SCC(=O)Nc2ccc(OC)c(OC)c2)nc2c3cc(OC)ccc3n(C)c2c1=O. The summed E-state index contributed by atoms with van der Waals surface area (Å²) >= 11 is 1.22. The number of hydrogen-bond acceptors (Lipinski definition) is 7. The zero-order valence-corrected chi connectivity index (χ0v) is 20.5. The molecular formula is C24H26N4O5S. The second-order valence-electron chi connectivity index (χ2n) is 7.49. The van der Waals surface area contributed by atoms with E-state index >= 15 is 0 Å². The smallest absolute Gasteiger partial charge is 0.278 e. The van der Waals surface area contributed by atoms with E-state index < -0.39 is 0 Å². The molecule has 0 aliphatic heterocycles. The van der Waals surface area contributed by atoms with Gasteiger partial charge in [0.2, 0.25) is 5.91 Å². The molecule has 0 atom stereocenters. The van der Waals surface area contributed by atoms with E-state index in [9.17, 15) is 9.59 Å². The number of hydrogen-bond donors (Lipinski definition) is 1. The van der Waals surface area contributed by atoms with Gasteiger partial charge in [-0.05, 0) is 37.3 Å². The highest BCUT2D eigenvalue weighted by molar-refractivity contribution is 7.99. The van der Waals surface area contributed by atoms with Crippen molar-refractivity contribution >= 4 is 45.3 Å². The van der Waals surface area contributed by atoms with Gasteiger partial charge in [0, 0.05) is 30.7 Å². The number of methoxy groups -OCH3 is 3. The Balaban J connectivity index is 1.64. The molecule has 2 heterocycles. The fourth-order valence-corrected chi connectivity index (χ4v) is 4.75. The Kier molecular flexibility index (Phi) is 6.69. The molecule has 9 nitrogen and oxygen atoms in total. The predicted octanol–water partition coefficient (Wildman–Crippen LogP) is 3.66. The van der Waals surface area contributed by atoms with Crippen LogP contribution >= 0.6 is 11.8 Å². The molecule has 0 bridgehead atoms. The molecule has 0 saturated heterocycles. The molecule has 0 spiro atoms. The maximum absolute atomic E-state index is 13.3. The first-order valence-electron chi connectivity index (χ1n) is 10.6. The Morgan fingerprint density at radius 1 is 1.06 bits per heavy atom. The van der Waals surface area contributed by atoms with Gasteiger partial charge in [0.15, 0.2) is 16.7 Å². The number of carbonyl (C=O) groups excluding carboxylic acids is 1. The molecule has 0 saturated carbocycles. The van der Waals surface area contributed by atoms with Crippen molar-refractivity contribution in [2.45, 2.75) is 18.6 Å². The Bertz CT molecular complexity index is 1440. The first-order chi connectivity index (χ1) is 16.4. The van der Waals surface area contributed by atoms with Crippen LogP contribution < -0.4 is 25.1 Å². The summed E-state index contributed by atoms with van der Waals surface area (Å²) in [4.78, 5) is 30.8. The van der Waals surface area contributed by atoms with Crippen LogP contribution in [-0.2, 0) is 18.4 Å². The molecule has 1 N–H and O–H groups in total. The lowest BCUT2D eigenvalue weighted by Crippen LogP contribution is -2.24. The van der Waals surface area contributed by atoms with Gasteiger partial charge in [0.25, 0.3) is 5.56 Å². The summed E-state index contributed by atoms with van der Waals surface area (Å²) in [5.74, 6) is 1.64. The van der Waals surface area contributed by atoms with Gasteiger partial charge in [0.05, 0.1) is 32.6 Å². The van der Waals surface area contributed by atoms with Crippen molar-refractivity contribution in [3.63, 3.8) is 0 Å². The number of thioether (sulfide) groups is 1. The average molecular weight is 483 g/mol. The van der Waals surface area contributed by atoms with E-state index in [2.05, 4.69) is 5.32 Å². The number of amides is 1. The van der Waals surface area contributed by atoms with Crippen molar-refractivity contribution < 1.29 is 19.0 Å². The van der Waals surface area contributed by atoms with Crippen molar-refractivity contribution in [2.24, 2.45) is 7.05 Å². The minimum Gasteiger partial charge on any atom is -0.497 e. The Morgan fingerprint density at radius 3 is 2.50 bits per heavy atom. The molecular weight excluding hydrogens is 456 g/mol. The predicted molar refractivity (Wildman–Crippen MR) is 134 cm³/mol. The van der Waals surface area contributed by atoms with E-state index in [-0.39, 0.29) is 17.2 Å². The fraction of sp³-hybridized carbons (Fsp3) is 0.292. The van der Waals surface area contributed by atoms with Gasteiger partial charge in [-0.1, -0.05) is 11.8 Å². The van der Waals surface area contributed by atoms with Crippen LogP contribution in [0.4, 0.5) is 5.69 Å². The number of fused-ring (bicyclic) bond motifs is 3. The zero-order valence-electron chi connectivity index (χ0n) is 19.7. The second kappa shape index (κ2) is 9.68. The van der Waals surface area contributed by atoms with Crippen molar-refractivity contribution in [3.05, 3.63) is 46.8 Å². The lowest BCUT2D eigenvalue weighted by atomic mass is 10.2. The molecule has 2 aromatic carbocycles. The fourth-order valence-electron chi connectivity index (χ4n) is 3.89. The highest BCUT2D eigenvalue weighted by Crippen LogP contribution is 2.31. The quantitative estimate of drug-likeness (QED) is 0.302. The Morgan fingerprint density at radius 2 is 1.82 bits per heavy atom. The van der Waals surface area contributed by atoms with Gasteiger partial charge in [-0.25, -0.2) is 4.98 Å². The van der Waals surface area contributed by atoms with Crippen LogP contribution in [0.5, 0.6) is 17.2 Å². The number of nitrogens with zero attached hydrogens (tertiary/aromatic N) is 3. The molecule has 0 aliphatic carbocycles. The summed E-state index contributed by atoms with van der Waals surface area (Å²) in [7, 11) is 6.54. The van der Waals surface area contributed by atoms with Crippen LogP contribution in [0.15, 0.2) is 46.3 Å². The van der Waals surface area contributed by atoms with Gasteiger partial charge >= 0.3 is 0 Å². The van der Waals surface area contributed by atoms with Gasteiger partial charge in [0.1, 0.15) is 16.8 Å². The van der Waals surface area contributed by atoms with E-state index in [4.69, 9.17) is 19.2 Å². The maximum atomic E-state index is 13.3. The van der Waals surface area contributed by atoms with Gasteiger partial charge in [-0.15, -0.1) is 0 Å². The third-order valence-electron chi connectivity index (χ3n) is 5.58. The molecule has 178 valence electrons. The van der Waals surface area contributed by atoms with Crippen LogP contribution in [0.25, 0.3) is 21.9 Å². The minimum atomic E-state index is -0.228. The molecule has 4 aromatic rings. The lowest BCUT2D eigenvalue weighted by molar-refractivity contribution is -0.113. The van der Waals surface area contributed by atoms with Crippen LogP contribution in [0, 0.1) is 0 Å². The third-order valence-corrected chi connectivity index (χ3v) is 6.56. The Labute approximate surface area is 200 Å². The topological polar surface area (TPSA) is 96.6 Å². The van der Waals surface area contributed by atoms with Crippen LogP contribution in [-0.4, -0.2) is 47.1 Å².